The Kier molecular flexibility index (Phi) is 6.52. The van der Waals surface area contributed by atoms with Gasteiger partial charge in [0.2, 0.25) is 0 Å². The van der Waals surface area contributed by atoms with E-state index >= 15 is 0 Å². The first-order chi connectivity index (χ1) is 16.2. The van der Waals surface area contributed by atoms with Gasteiger partial charge < -0.3 is 0 Å². The molecule has 1 aliphatic rings. The average molecular weight is 442 g/mol. The Balaban J connectivity index is 1.75. The molecule has 2 heterocycles. The molecule has 0 aliphatic heterocycles. The SMILES string of the molecule is Cc1nn(-c2ccccc2)c2nc(-c3ccc(F)cc3)c3c(c12)CCCCCCCCCC3. The monoisotopic (exact) mass is 441 g/mol. The lowest BCUT2D eigenvalue weighted by Crippen LogP contribution is -2.05. The van der Waals surface area contributed by atoms with E-state index in [4.69, 9.17) is 10.1 Å². The normalized spacial score (nSPS) is 15.6. The van der Waals surface area contributed by atoms with E-state index in [2.05, 4.69) is 19.1 Å². The maximum absolute atomic E-state index is 13.7. The van der Waals surface area contributed by atoms with Crippen molar-refractivity contribution in [3.63, 3.8) is 0 Å². The summed E-state index contributed by atoms with van der Waals surface area (Å²) in [6.07, 6.45) is 12.3. The minimum absolute atomic E-state index is 0.214. The largest absolute Gasteiger partial charge is 0.228 e. The highest BCUT2D eigenvalue weighted by molar-refractivity contribution is 5.88. The second-order valence-corrected chi connectivity index (χ2v) is 9.28. The van der Waals surface area contributed by atoms with Crippen LogP contribution in [0.3, 0.4) is 0 Å². The molecule has 0 spiro atoms. The number of hydrogen-bond acceptors (Lipinski definition) is 2. The van der Waals surface area contributed by atoms with Crippen molar-refractivity contribution in [2.75, 3.05) is 0 Å². The number of para-hydroxylation sites is 1. The molecule has 0 amide bonds. The van der Waals surface area contributed by atoms with Crippen molar-refractivity contribution in [1.29, 1.82) is 0 Å². The van der Waals surface area contributed by atoms with Gasteiger partial charge in [-0.3, -0.25) is 0 Å². The zero-order valence-electron chi connectivity index (χ0n) is 19.5. The Morgan fingerprint density at radius 3 is 2.00 bits per heavy atom. The molecule has 2 aromatic carbocycles. The molecule has 4 aromatic rings. The van der Waals surface area contributed by atoms with Gasteiger partial charge in [-0.2, -0.15) is 5.10 Å². The number of halogens is 1. The van der Waals surface area contributed by atoms with Crippen LogP contribution in [0.5, 0.6) is 0 Å². The van der Waals surface area contributed by atoms with Gasteiger partial charge in [0, 0.05) is 10.9 Å². The number of aryl methyl sites for hydroxylation is 2. The molecule has 2 aromatic heterocycles. The molecule has 170 valence electrons. The Hall–Kier alpha value is -3.01. The first-order valence-electron chi connectivity index (χ1n) is 12.4. The summed E-state index contributed by atoms with van der Waals surface area (Å²) in [5, 5.41) is 6.15. The summed E-state index contributed by atoms with van der Waals surface area (Å²) in [4.78, 5) is 5.23. The van der Waals surface area contributed by atoms with Gasteiger partial charge in [-0.15, -0.1) is 0 Å². The smallest absolute Gasteiger partial charge is 0.164 e. The molecule has 0 saturated carbocycles. The van der Waals surface area contributed by atoms with E-state index in [1.165, 1.54) is 67.9 Å². The number of benzene rings is 2. The number of nitrogens with zero attached hydrogens (tertiary/aromatic N) is 3. The minimum atomic E-state index is -0.214. The number of pyridine rings is 1. The number of rotatable bonds is 2. The number of hydrogen-bond donors (Lipinski definition) is 0. The molecule has 1 aliphatic carbocycles. The van der Waals surface area contributed by atoms with E-state index in [9.17, 15) is 4.39 Å². The second-order valence-electron chi connectivity index (χ2n) is 9.28. The molecule has 0 atom stereocenters. The van der Waals surface area contributed by atoms with Crippen LogP contribution < -0.4 is 0 Å². The summed E-state index contributed by atoms with van der Waals surface area (Å²) in [7, 11) is 0. The second kappa shape index (κ2) is 9.86. The van der Waals surface area contributed by atoms with Gasteiger partial charge in [-0.05, 0) is 80.1 Å². The molecule has 5 rings (SSSR count). The number of aromatic nitrogens is 3. The molecule has 0 bridgehead atoms. The van der Waals surface area contributed by atoms with Crippen LogP contribution in [0, 0.1) is 12.7 Å². The van der Waals surface area contributed by atoms with Crippen molar-refractivity contribution in [2.24, 2.45) is 0 Å². The Labute approximate surface area is 195 Å². The standard InChI is InChI=1S/C29H32FN3/c1-21-27-25-15-11-6-4-2-3-5-7-12-16-26(25)28(22-17-19-23(30)20-18-22)31-29(27)33(32-21)24-13-9-8-10-14-24/h8-10,13-14,17-20H,2-7,11-12,15-16H2,1H3. The van der Waals surface area contributed by atoms with E-state index < -0.39 is 0 Å². The predicted molar refractivity (Wildman–Crippen MR) is 133 cm³/mol. The van der Waals surface area contributed by atoms with Gasteiger partial charge in [0.1, 0.15) is 5.82 Å². The third kappa shape index (κ3) is 4.57. The fourth-order valence-electron chi connectivity index (χ4n) is 5.24. The van der Waals surface area contributed by atoms with Crippen molar-refractivity contribution >= 4 is 11.0 Å². The van der Waals surface area contributed by atoms with Crippen molar-refractivity contribution in [3.05, 3.63) is 77.2 Å². The van der Waals surface area contributed by atoms with Crippen LogP contribution >= 0.6 is 0 Å². The molecule has 0 unspecified atom stereocenters. The zero-order chi connectivity index (χ0) is 22.6. The summed E-state index contributed by atoms with van der Waals surface area (Å²) in [6.45, 7) is 2.11. The van der Waals surface area contributed by atoms with Crippen LogP contribution in [0.25, 0.3) is 28.0 Å². The van der Waals surface area contributed by atoms with E-state index in [1.807, 2.05) is 35.0 Å². The van der Waals surface area contributed by atoms with Gasteiger partial charge in [0.15, 0.2) is 5.65 Å². The highest BCUT2D eigenvalue weighted by Gasteiger charge is 2.22. The Morgan fingerprint density at radius 1 is 0.727 bits per heavy atom. The summed E-state index contributed by atoms with van der Waals surface area (Å²) in [6, 6.07) is 17.1. The van der Waals surface area contributed by atoms with Crippen molar-refractivity contribution < 1.29 is 4.39 Å². The van der Waals surface area contributed by atoms with Crippen molar-refractivity contribution in [3.8, 4) is 16.9 Å². The van der Waals surface area contributed by atoms with E-state index in [0.29, 0.717) is 0 Å². The molecular weight excluding hydrogens is 409 g/mol. The van der Waals surface area contributed by atoms with Gasteiger partial charge in [-0.25, -0.2) is 14.1 Å². The lowest BCUT2D eigenvalue weighted by atomic mass is 9.90. The zero-order valence-corrected chi connectivity index (χ0v) is 19.5. The molecule has 0 fully saturated rings. The third-order valence-corrected chi connectivity index (χ3v) is 6.93. The molecule has 0 radical (unpaired) electrons. The van der Waals surface area contributed by atoms with E-state index in [-0.39, 0.29) is 5.82 Å². The molecule has 33 heavy (non-hydrogen) atoms. The molecule has 0 N–H and O–H groups in total. The molecule has 4 heteroatoms. The molecular formula is C29H32FN3. The van der Waals surface area contributed by atoms with Crippen LogP contribution in [0.4, 0.5) is 4.39 Å². The van der Waals surface area contributed by atoms with Crippen molar-refractivity contribution in [1.82, 2.24) is 14.8 Å². The van der Waals surface area contributed by atoms with Crippen LogP contribution in [0.2, 0.25) is 0 Å². The van der Waals surface area contributed by atoms with Crippen molar-refractivity contribution in [2.45, 2.75) is 71.1 Å². The predicted octanol–water partition coefficient (Wildman–Crippen LogP) is 7.75. The Morgan fingerprint density at radius 2 is 1.33 bits per heavy atom. The summed E-state index contributed by atoms with van der Waals surface area (Å²) >= 11 is 0. The Bertz CT molecular complexity index is 1230. The molecule has 3 nitrogen and oxygen atoms in total. The maximum atomic E-state index is 13.7. The van der Waals surface area contributed by atoms with Gasteiger partial charge in [0.05, 0.1) is 17.1 Å². The first-order valence-corrected chi connectivity index (χ1v) is 12.4. The van der Waals surface area contributed by atoms with Crippen LogP contribution in [0.15, 0.2) is 54.6 Å². The van der Waals surface area contributed by atoms with Gasteiger partial charge >= 0.3 is 0 Å². The lowest BCUT2D eigenvalue weighted by molar-refractivity contribution is 0.560. The lowest BCUT2D eigenvalue weighted by Gasteiger charge is -2.18. The first kappa shape index (κ1) is 21.8. The summed E-state index contributed by atoms with van der Waals surface area (Å²) < 4.78 is 15.7. The number of fused-ring (bicyclic) bond motifs is 3. The maximum Gasteiger partial charge on any atom is 0.164 e. The highest BCUT2D eigenvalue weighted by atomic mass is 19.1. The summed E-state index contributed by atoms with van der Waals surface area (Å²) in [5.74, 6) is -0.214. The minimum Gasteiger partial charge on any atom is -0.228 e. The molecule has 0 saturated heterocycles. The summed E-state index contributed by atoms with van der Waals surface area (Å²) in [5.41, 5.74) is 7.68. The van der Waals surface area contributed by atoms with Crippen LogP contribution in [0.1, 0.15) is 68.2 Å². The third-order valence-electron chi connectivity index (χ3n) is 6.93. The van der Waals surface area contributed by atoms with Crippen LogP contribution in [-0.2, 0) is 12.8 Å². The van der Waals surface area contributed by atoms with Gasteiger partial charge in [-0.1, -0.05) is 56.7 Å². The fourth-order valence-corrected chi connectivity index (χ4v) is 5.24. The quantitative estimate of drug-likeness (QED) is 0.318. The van der Waals surface area contributed by atoms with E-state index in [1.54, 1.807) is 12.1 Å². The topological polar surface area (TPSA) is 30.7 Å². The van der Waals surface area contributed by atoms with Gasteiger partial charge in [0.25, 0.3) is 0 Å². The highest BCUT2D eigenvalue weighted by Crippen LogP contribution is 2.35. The van der Waals surface area contributed by atoms with Crippen LogP contribution in [-0.4, -0.2) is 14.8 Å². The van der Waals surface area contributed by atoms with E-state index in [0.717, 1.165) is 41.1 Å². The average Bonchev–Trinajstić information content (AvgIpc) is 3.16. The fraction of sp³-hybridized carbons (Fsp3) is 0.379.